The number of hydrogen-bond donors (Lipinski definition) is 1. The van der Waals surface area contributed by atoms with Crippen LogP contribution >= 0.6 is 0 Å². The van der Waals surface area contributed by atoms with Crippen LogP contribution in [0.1, 0.15) is 18.2 Å². The van der Waals surface area contributed by atoms with E-state index >= 15 is 0 Å². The molecule has 2 aromatic rings. The molecule has 26 heavy (non-hydrogen) atoms. The summed E-state index contributed by atoms with van der Waals surface area (Å²) in [6.07, 6.45) is -3.02. The largest absolute Gasteiger partial charge is 0.419 e. The summed E-state index contributed by atoms with van der Waals surface area (Å²) >= 11 is 0. The van der Waals surface area contributed by atoms with Crippen LogP contribution in [0.4, 0.5) is 30.8 Å². The highest BCUT2D eigenvalue weighted by atomic mass is 19.4. The number of nitrogens with zero attached hydrogens (tertiary/aromatic N) is 5. The standard InChI is InChI=1S/C17H21F3N6/c1-3-21-16-23-12(2)11-14(24-16)25-7-9-26(10-8-25)15-13(17(18,19)20)5-4-6-22-15/h4-6,11H,3,7-10H2,1-2H3,(H,21,23,24). The molecule has 0 aliphatic carbocycles. The third-order valence-electron chi connectivity index (χ3n) is 4.17. The maximum absolute atomic E-state index is 13.2. The number of aromatic nitrogens is 3. The first kappa shape index (κ1) is 18.2. The molecular weight excluding hydrogens is 345 g/mol. The zero-order chi connectivity index (χ0) is 18.7. The number of rotatable bonds is 4. The van der Waals surface area contributed by atoms with Gasteiger partial charge in [0.2, 0.25) is 5.95 Å². The molecule has 0 radical (unpaired) electrons. The number of aryl methyl sites for hydroxylation is 1. The molecule has 1 aliphatic heterocycles. The van der Waals surface area contributed by atoms with Gasteiger partial charge in [-0.3, -0.25) is 0 Å². The third-order valence-corrected chi connectivity index (χ3v) is 4.17. The molecule has 0 atom stereocenters. The lowest BCUT2D eigenvalue weighted by atomic mass is 10.2. The van der Waals surface area contributed by atoms with Crippen molar-refractivity contribution in [1.29, 1.82) is 0 Å². The van der Waals surface area contributed by atoms with Gasteiger partial charge in [0.05, 0.1) is 5.56 Å². The van der Waals surface area contributed by atoms with Gasteiger partial charge < -0.3 is 15.1 Å². The number of piperazine rings is 1. The summed E-state index contributed by atoms with van der Waals surface area (Å²) in [5.74, 6) is 1.34. The second-order valence-electron chi connectivity index (χ2n) is 6.07. The van der Waals surface area contributed by atoms with Gasteiger partial charge in [0.15, 0.2) is 0 Å². The van der Waals surface area contributed by atoms with Crippen molar-refractivity contribution in [3.05, 3.63) is 35.7 Å². The summed E-state index contributed by atoms with van der Waals surface area (Å²) in [5.41, 5.74) is 0.151. The van der Waals surface area contributed by atoms with Gasteiger partial charge in [-0.25, -0.2) is 9.97 Å². The van der Waals surface area contributed by atoms with Crippen LogP contribution in [-0.4, -0.2) is 47.7 Å². The highest BCUT2D eigenvalue weighted by Gasteiger charge is 2.36. The predicted octanol–water partition coefficient (Wildman–Crippen LogP) is 2.96. The van der Waals surface area contributed by atoms with E-state index in [-0.39, 0.29) is 5.82 Å². The Morgan fingerprint density at radius 2 is 1.81 bits per heavy atom. The first-order chi connectivity index (χ1) is 12.4. The maximum Gasteiger partial charge on any atom is 0.419 e. The van der Waals surface area contributed by atoms with E-state index in [4.69, 9.17) is 0 Å². The van der Waals surface area contributed by atoms with Crippen molar-refractivity contribution in [2.24, 2.45) is 0 Å². The Morgan fingerprint density at radius 1 is 1.12 bits per heavy atom. The van der Waals surface area contributed by atoms with Crippen LogP contribution in [0.25, 0.3) is 0 Å². The lowest BCUT2D eigenvalue weighted by Gasteiger charge is -2.37. The molecule has 0 saturated carbocycles. The second kappa shape index (κ2) is 7.35. The zero-order valence-corrected chi connectivity index (χ0v) is 14.7. The van der Waals surface area contributed by atoms with Crippen LogP contribution in [0, 0.1) is 6.92 Å². The number of anilines is 3. The number of nitrogens with one attached hydrogen (secondary N) is 1. The van der Waals surface area contributed by atoms with Crippen molar-refractivity contribution in [3.8, 4) is 0 Å². The minimum absolute atomic E-state index is 0.00754. The summed E-state index contributed by atoms with van der Waals surface area (Å²) in [7, 11) is 0. The lowest BCUT2D eigenvalue weighted by molar-refractivity contribution is -0.137. The summed E-state index contributed by atoms with van der Waals surface area (Å²) in [6, 6.07) is 4.28. The number of pyridine rings is 1. The first-order valence-electron chi connectivity index (χ1n) is 8.50. The van der Waals surface area contributed by atoms with Crippen molar-refractivity contribution in [1.82, 2.24) is 15.0 Å². The summed E-state index contributed by atoms with van der Waals surface area (Å²) < 4.78 is 39.6. The molecule has 2 aromatic heterocycles. The van der Waals surface area contributed by atoms with E-state index in [1.165, 1.54) is 12.3 Å². The SMILES string of the molecule is CCNc1nc(C)cc(N2CCN(c3ncccc3C(F)(F)F)CC2)n1. The molecule has 0 amide bonds. The van der Waals surface area contributed by atoms with Crippen LogP contribution in [-0.2, 0) is 6.18 Å². The normalized spacial score (nSPS) is 15.3. The minimum Gasteiger partial charge on any atom is -0.354 e. The molecule has 3 rings (SSSR count). The van der Waals surface area contributed by atoms with Crippen molar-refractivity contribution < 1.29 is 13.2 Å². The monoisotopic (exact) mass is 366 g/mol. The fraction of sp³-hybridized carbons (Fsp3) is 0.471. The van der Waals surface area contributed by atoms with Crippen molar-refractivity contribution >= 4 is 17.6 Å². The van der Waals surface area contributed by atoms with Crippen LogP contribution < -0.4 is 15.1 Å². The van der Waals surface area contributed by atoms with Gasteiger partial charge in [-0.05, 0) is 26.0 Å². The van der Waals surface area contributed by atoms with Gasteiger partial charge in [0.1, 0.15) is 11.6 Å². The molecule has 1 aliphatic rings. The summed E-state index contributed by atoms with van der Waals surface area (Å²) in [4.78, 5) is 16.5. The van der Waals surface area contributed by atoms with E-state index < -0.39 is 11.7 Å². The summed E-state index contributed by atoms with van der Waals surface area (Å²) in [5, 5.41) is 3.09. The Morgan fingerprint density at radius 3 is 2.46 bits per heavy atom. The Balaban J connectivity index is 1.75. The molecule has 140 valence electrons. The zero-order valence-electron chi connectivity index (χ0n) is 14.7. The van der Waals surface area contributed by atoms with Gasteiger partial charge in [-0.2, -0.15) is 18.2 Å². The van der Waals surface area contributed by atoms with Crippen molar-refractivity contribution in [2.75, 3.05) is 47.8 Å². The van der Waals surface area contributed by atoms with E-state index in [0.29, 0.717) is 32.1 Å². The number of alkyl halides is 3. The van der Waals surface area contributed by atoms with Gasteiger partial charge in [0, 0.05) is 50.7 Å². The molecule has 6 nitrogen and oxygen atoms in total. The van der Waals surface area contributed by atoms with E-state index in [2.05, 4.69) is 25.2 Å². The lowest BCUT2D eigenvalue weighted by Crippen LogP contribution is -2.47. The summed E-state index contributed by atoms with van der Waals surface area (Å²) in [6.45, 7) is 6.60. The minimum atomic E-state index is -4.41. The Labute approximate surface area is 150 Å². The molecule has 1 fully saturated rings. The van der Waals surface area contributed by atoms with Crippen LogP contribution in [0.15, 0.2) is 24.4 Å². The number of halogens is 3. The van der Waals surface area contributed by atoms with Gasteiger partial charge in [0.25, 0.3) is 0 Å². The van der Waals surface area contributed by atoms with Gasteiger partial charge >= 0.3 is 6.18 Å². The fourth-order valence-corrected chi connectivity index (χ4v) is 2.97. The molecular formula is C17H21F3N6. The molecule has 0 spiro atoms. The predicted molar refractivity (Wildman–Crippen MR) is 94.6 cm³/mol. The molecule has 3 heterocycles. The molecule has 1 N–H and O–H groups in total. The average Bonchev–Trinajstić information content (AvgIpc) is 2.61. The molecule has 0 unspecified atom stereocenters. The first-order valence-corrected chi connectivity index (χ1v) is 8.50. The highest BCUT2D eigenvalue weighted by Crippen LogP contribution is 2.35. The average molecular weight is 366 g/mol. The van der Waals surface area contributed by atoms with Crippen molar-refractivity contribution in [2.45, 2.75) is 20.0 Å². The van der Waals surface area contributed by atoms with Crippen molar-refractivity contribution in [3.63, 3.8) is 0 Å². The highest BCUT2D eigenvalue weighted by molar-refractivity contribution is 5.51. The molecule has 0 bridgehead atoms. The topological polar surface area (TPSA) is 57.2 Å². The molecule has 0 aromatic carbocycles. The van der Waals surface area contributed by atoms with Crippen LogP contribution in [0.3, 0.4) is 0 Å². The van der Waals surface area contributed by atoms with Gasteiger partial charge in [-0.1, -0.05) is 0 Å². The number of hydrogen-bond acceptors (Lipinski definition) is 6. The smallest absolute Gasteiger partial charge is 0.354 e. The quantitative estimate of drug-likeness (QED) is 0.898. The Kier molecular flexibility index (Phi) is 5.15. The second-order valence-corrected chi connectivity index (χ2v) is 6.07. The van der Waals surface area contributed by atoms with E-state index in [1.807, 2.05) is 19.9 Å². The van der Waals surface area contributed by atoms with E-state index in [1.54, 1.807) is 4.90 Å². The fourth-order valence-electron chi connectivity index (χ4n) is 2.97. The van der Waals surface area contributed by atoms with Crippen LogP contribution in [0.2, 0.25) is 0 Å². The molecule has 9 heteroatoms. The van der Waals surface area contributed by atoms with E-state index in [9.17, 15) is 13.2 Å². The van der Waals surface area contributed by atoms with Crippen LogP contribution in [0.5, 0.6) is 0 Å². The third kappa shape index (κ3) is 3.97. The maximum atomic E-state index is 13.2. The molecule has 1 saturated heterocycles. The Hall–Kier alpha value is -2.58. The van der Waals surface area contributed by atoms with E-state index in [0.717, 1.165) is 24.1 Å². The van der Waals surface area contributed by atoms with Gasteiger partial charge in [-0.15, -0.1) is 0 Å². The Bertz CT molecular complexity index is 756.